The summed E-state index contributed by atoms with van der Waals surface area (Å²) < 4.78 is 5.74. The van der Waals surface area contributed by atoms with Gasteiger partial charge in [-0.2, -0.15) is 0 Å². The van der Waals surface area contributed by atoms with Crippen LogP contribution in [0.3, 0.4) is 0 Å². The van der Waals surface area contributed by atoms with Crippen molar-refractivity contribution in [3.05, 3.63) is 29.3 Å². The third-order valence-corrected chi connectivity index (χ3v) is 4.49. The van der Waals surface area contributed by atoms with Crippen LogP contribution in [0.5, 0.6) is 5.75 Å². The molecule has 1 saturated heterocycles. The normalized spacial score (nSPS) is 19.5. The maximum atomic E-state index is 12.2. The molecule has 0 aliphatic carbocycles. The van der Waals surface area contributed by atoms with Crippen LogP contribution in [-0.4, -0.2) is 41.7 Å². The molecule has 2 rings (SSSR count). The van der Waals surface area contributed by atoms with Gasteiger partial charge in [-0.1, -0.05) is 26.0 Å². The molecule has 0 aromatic heterocycles. The number of benzene rings is 1. The fourth-order valence-electron chi connectivity index (χ4n) is 2.77. The van der Waals surface area contributed by atoms with E-state index in [1.54, 1.807) is 11.8 Å². The summed E-state index contributed by atoms with van der Waals surface area (Å²) in [6, 6.07) is 6.16. The molecule has 1 aliphatic heterocycles. The Morgan fingerprint density at radius 3 is 2.73 bits per heavy atom. The maximum Gasteiger partial charge on any atom is 0.260 e. The highest BCUT2D eigenvalue weighted by Crippen LogP contribution is 2.25. The van der Waals surface area contributed by atoms with E-state index in [4.69, 9.17) is 4.74 Å². The van der Waals surface area contributed by atoms with Crippen LogP contribution in [0.1, 0.15) is 44.2 Å². The fraction of sp³-hybridized carbons (Fsp3) is 0.611. The molecule has 4 nitrogen and oxygen atoms in total. The zero-order valence-corrected chi connectivity index (χ0v) is 14.0. The Labute approximate surface area is 133 Å². The van der Waals surface area contributed by atoms with Gasteiger partial charge in [0.2, 0.25) is 0 Å². The van der Waals surface area contributed by atoms with E-state index in [0.29, 0.717) is 19.0 Å². The number of carbonyl (C=O) groups is 1. The molecule has 2 unspecified atom stereocenters. The standard InChI is InChI=1S/C18H27NO3/c1-12(2)15-6-5-13(3)17(9-15)22-11-18(21)19-8-7-16(10-19)14(4)20/h5-6,9,12,14,16,20H,7-8,10-11H2,1-4H3. The lowest BCUT2D eigenvalue weighted by Crippen LogP contribution is -2.34. The lowest BCUT2D eigenvalue weighted by atomic mass is 10.0. The van der Waals surface area contributed by atoms with Gasteiger partial charge in [0.05, 0.1) is 6.10 Å². The van der Waals surface area contributed by atoms with Crippen molar-refractivity contribution in [1.29, 1.82) is 0 Å². The van der Waals surface area contributed by atoms with Crippen LogP contribution < -0.4 is 4.74 Å². The first kappa shape index (κ1) is 16.8. The number of amides is 1. The molecule has 0 spiro atoms. The summed E-state index contributed by atoms with van der Waals surface area (Å²) in [6.45, 7) is 9.46. The summed E-state index contributed by atoms with van der Waals surface area (Å²) in [5.74, 6) is 1.40. The number of ether oxygens (including phenoxy) is 1. The van der Waals surface area contributed by atoms with E-state index in [9.17, 15) is 9.90 Å². The first-order valence-corrected chi connectivity index (χ1v) is 8.07. The molecule has 2 atom stereocenters. The van der Waals surface area contributed by atoms with Crippen molar-refractivity contribution < 1.29 is 14.6 Å². The van der Waals surface area contributed by atoms with Gasteiger partial charge >= 0.3 is 0 Å². The van der Waals surface area contributed by atoms with Crippen molar-refractivity contribution in [2.24, 2.45) is 5.92 Å². The van der Waals surface area contributed by atoms with Crippen LogP contribution in [0.2, 0.25) is 0 Å². The lowest BCUT2D eigenvalue weighted by Gasteiger charge is -2.19. The highest BCUT2D eigenvalue weighted by molar-refractivity contribution is 5.78. The van der Waals surface area contributed by atoms with Gasteiger partial charge in [0.25, 0.3) is 5.91 Å². The first-order chi connectivity index (χ1) is 10.4. The Bertz CT molecular complexity index is 525. The van der Waals surface area contributed by atoms with Gasteiger partial charge in [0.1, 0.15) is 5.75 Å². The molecule has 0 radical (unpaired) electrons. The van der Waals surface area contributed by atoms with E-state index in [0.717, 1.165) is 17.7 Å². The zero-order valence-electron chi connectivity index (χ0n) is 14.0. The van der Waals surface area contributed by atoms with Crippen LogP contribution >= 0.6 is 0 Å². The van der Waals surface area contributed by atoms with Crippen LogP contribution in [0, 0.1) is 12.8 Å². The van der Waals surface area contributed by atoms with Crippen molar-refractivity contribution in [3.8, 4) is 5.75 Å². The molecule has 1 heterocycles. The molecule has 0 bridgehead atoms. The molecule has 1 amide bonds. The molecule has 4 heteroatoms. The Balaban J connectivity index is 1.93. The first-order valence-electron chi connectivity index (χ1n) is 8.07. The van der Waals surface area contributed by atoms with Gasteiger partial charge in [-0.15, -0.1) is 0 Å². The summed E-state index contributed by atoms with van der Waals surface area (Å²) in [6.07, 6.45) is 0.509. The second-order valence-corrected chi connectivity index (χ2v) is 6.60. The molecular formula is C18H27NO3. The van der Waals surface area contributed by atoms with Gasteiger partial charge in [0, 0.05) is 19.0 Å². The Kier molecular flexibility index (Phi) is 5.46. The van der Waals surface area contributed by atoms with E-state index in [2.05, 4.69) is 19.9 Å². The maximum absolute atomic E-state index is 12.2. The molecule has 0 saturated carbocycles. The minimum Gasteiger partial charge on any atom is -0.483 e. The number of hydrogen-bond acceptors (Lipinski definition) is 3. The van der Waals surface area contributed by atoms with Crippen molar-refractivity contribution >= 4 is 5.91 Å². The number of nitrogens with zero attached hydrogens (tertiary/aromatic N) is 1. The molecule has 1 N–H and O–H groups in total. The van der Waals surface area contributed by atoms with Crippen molar-refractivity contribution in [2.45, 2.75) is 46.1 Å². The van der Waals surface area contributed by atoms with E-state index in [1.165, 1.54) is 5.56 Å². The van der Waals surface area contributed by atoms with E-state index in [-0.39, 0.29) is 24.5 Å². The molecule has 1 aromatic carbocycles. The SMILES string of the molecule is Cc1ccc(C(C)C)cc1OCC(=O)N1CCC(C(C)O)C1. The van der Waals surface area contributed by atoms with Crippen LogP contribution in [-0.2, 0) is 4.79 Å². The number of likely N-dealkylation sites (tertiary alicyclic amines) is 1. The van der Waals surface area contributed by atoms with Crippen molar-refractivity contribution in [3.63, 3.8) is 0 Å². The average molecular weight is 305 g/mol. The number of carbonyl (C=O) groups excluding carboxylic acids is 1. The Morgan fingerprint density at radius 1 is 1.41 bits per heavy atom. The summed E-state index contributed by atoms with van der Waals surface area (Å²) in [4.78, 5) is 14.0. The molecule has 22 heavy (non-hydrogen) atoms. The van der Waals surface area contributed by atoms with E-state index >= 15 is 0 Å². The number of hydrogen-bond donors (Lipinski definition) is 1. The van der Waals surface area contributed by atoms with Crippen molar-refractivity contribution in [1.82, 2.24) is 4.90 Å². The van der Waals surface area contributed by atoms with E-state index < -0.39 is 0 Å². The fourth-order valence-corrected chi connectivity index (χ4v) is 2.77. The smallest absolute Gasteiger partial charge is 0.260 e. The summed E-state index contributed by atoms with van der Waals surface area (Å²) in [7, 11) is 0. The van der Waals surface area contributed by atoms with E-state index in [1.807, 2.05) is 19.1 Å². The van der Waals surface area contributed by atoms with Gasteiger partial charge in [-0.3, -0.25) is 4.79 Å². The third-order valence-electron chi connectivity index (χ3n) is 4.49. The Morgan fingerprint density at radius 2 is 2.14 bits per heavy atom. The molecule has 1 aliphatic rings. The second kappa shape index (κ2) is 7.14. The van der Waals surface area contributed by atoms with Crippen LogP contribution in [0.25, 0.3) is 0 Å². The summed E-state index contributed by atoms with van der Waals surface area (Å²) in [5, 5.41) is 9.61. The minimum atomic E-state index is -0.358. The van der Waals surface area contributed by atoms with Crippen LogP contribution in [0.4, 0.5) is 0 Å². The zero-order chi connectivity index (χ0) is 16.3. The van der Waals surface area contributed by atoms with Gasteiger partial charge in [-0.25, -0.2) is 0 Å². The minimum absolute atomic E-state index is 0.00231. The number of aliphatic hydroxyl groups excluding tert-OH is 1. The van der Waals surface area contributed by atoms with Gasteiger partial charge < -0.3 is 14.7 Å². The number of aliphatic hydroxyl groups is 1. The predicted molar refractivity (Wildman–Crippen MR) is 87.1 cm³/mol. The third kappa shape index (κ3) is 4.01. The summed E-state index contributed by atoms with van der Waals surface area (Å²) >= 11 is 0. The average Bonchev–Trinajstić information content (AvgIpc) is 2.96. The second-order valence-electron chi connectivity index (χ2n) is 6.60. The summed E-state index contributed by atoms with van der Waals surface area (Å²) in [5.41, 5.74) is 2.25. The van der Waals surface area contributed by atoms with Gasteiger partial charge in [-0.05, 0) is 43.4 Å². The molecule has 1 fully saturated rings. The highest BCUT2D eigenvalue weighted by Gasteiger charge is 2.29. The molecule has 122 valence electrons. The predicted octanol–water partition coefficient (Wildman–Crippen LogP) is 2.73. The number of rotatable bonds is 5. The lowest BCUT2D eigenvalue weighted by molar-refractivity contribution is -0.132. The highest BCUT2D eigenvalue weighted by atomic mass is 16.5. The number of aryl methyl sites for hydroxylation is 1. The van der Waals surface area contributed by atoms with Gasteiger partial charge in [0.15, 0.2) is 6.61 Å². The monoisotopic (exact) mass is 305 g/mol. The van der Waals surface area contributed by atoms with Crippen LogP contribution in [0.15, 0.2) is 18.2 Å². The van der Waals surface area contributed by atoms with Crippen molar-refractivity contribution in [2.75, 3.05) is 19.7 Å². The topological polar surface area (TPSA) is 49.8 Å². The Hall–Kier alpha value is -1.55. The quantitative estimate of drug-likeness (QED) is 0.910. The molecule has 1 aromatic rings. The molecular weight excluding hydrogens is 278 g/mol. The largest absolute Gasteiger partial charge is 0.483 e.